The zero-order valence-electron chi connectivity index (χ0n) is 8.55. The van der Waals surface area contributed by atoms with Crippen molar-refractivity contribution in [3.05, 3.63) is 24.0 Å². The van der Waals surface area contributed by atoms with Crippen molar-refractivity contribution in [1.29, 1.82) is 0 Å². The summed E-state index contributed by atoms with van der Waals surface area (Å²) in [5.41, 5.74) is 6.37. The third kappa shape index (κ3) is 3.22. The van der Waals surface area contributed by atoms with E-state index >= 15 is 0 Å². The van der Waals surface area contributed by atoms with Gasteiger partial charge < -0.3 is 16.0 Å². The molecule has 0 aliphatic rings. The van der Waals surface area contributed by atoms with Gasteiger partial charge in [-0.05, 0) is 32.3 Å². The Morgan fingerprint density at radius 1 is 1.43 bits per heavy atom. The maximum Gasteiger partial charge on any atom is 0.148 e. The van der Waals surface area contributed by atoms with Crippen molar-refractivity contribution in [2.45, 2.75) is 0 Å². The van der Waals surface area contributed by atoms with Crippen molar-refractivity contribution in [3.63, 3.8) is 0 Å². The standard InChI is InChI=1S/C10H16FN3/c1-14(2)6-5-13-10-4-3-8(12)7-9(10)11/h3-4,7,13H,5-6,12H2,1-2H3. The lowest BCUT2D eigenvalue weighted by Gasteiger charge is -2.11. The topological polar surface area (TPSA) is 41.3 Å². The van der Waals surface area contributed by atoms with Gasteiger partial charge in [0.1, 0.15) is 5.82 Å². The summed E-state index contributed by atoms with van der Waals surface area (Å²) in [6.45, 7) is 1.58. The molecule has 0 unspecified atom stereocenters. The fourth-order valence-electron chi connectivity index (χ4n) is 1.09. The first-order chi connectivity index (χ1) is 6.59. The minimum absolute atomic E-state index is 0.302. The Balaban J connectivity index is 2.51. The Bertz CT molecular complexity index is 299. The van der Waals surface area contributed by atoms with Gasteiger partial charge in [0, 0.05) is 18.8 Å². The average molecular weight is 197 g/mol. The van der Waals surface area contributed by atoms with E-state index in [4.69, 9.17) is 5.73 Å². The normalized spacial score (nSPS) is 10.6. The molecule has 0 saturated heterocycles. The number of anilines is 2. The molecule has 4 heteroatoms. The number of halogens is 1. The van der Waals surface area contributed by atoms with E-state index in [2.05, 4.69) is 5.32 Å². The van der Waals surface area contributed by atoms with E-state index in [9.17, 15) is 4.39 Å². The van der Waals surface area contributed by atoms with Gasteiger partial charge in [-0.2, -0.15) is 0 Å². The summed E-state index contributed by atoms with van der Waals surface area (Å²) in [5, 5.41) is 3.00. The number of likely N-dealkylation sites (N-methyl/N-ethyl adjacent to an activating group) is 1. The maximum atomic E-state index is 13.2. The van der Waals surface area contributed by atoms with Gasteiger partial charge in [-0.15, -0.1) is 0 Å². The lowest BCUT2D eigenvalue weighted by Crippen LogP contribution is -2.21. The number of benzene rings is 1. The maximum absolute atomic E-state index is 13.2. The van der Waals surface area contributed by atoms with Gasteiger partial charge in [0.25, 0.3) is 0 Å². The Labute approximate surface area is 83.7 Å². The van der Waals surface area contributed by atoms with Crippen molar-refractivity contribution in [2.75, 3.05) is 38.2 Å². The van der Waals surface area contributed by atoms with E-state index in [1.54, 1.807) is 12.1 Å². The quantitative estimate of drug-likeness (QED) is 0.716. The molecule has 0 spiro atoms. The van der Waals surface area contributed by atoms with E-state index < -0.39 is 0 Å². The number of nitrogens with two attached hydrogens (primary N) is 1. The largest absolute Gasteiger partial charge is 0.399 e. The van der Waals surface area contributed by atoms with Crippen LogP contribution < -0.4 is 11.1 Å². The van der Waals surface area contributed by atoms with Gasteiger partial charge in [-0.25, -0.2) is 4.39 Å². The average Bonchev–Trinajstić information content (AvgIpc) is 2.08. The molecule has 0 aliphatic heterocycles. The summed E-state index contributed by atoms with van der Waals surface area (Å²) < 4.78 is 13.2. The van der Waals surface area contributed by atoms with E-state index in [-0.39, 0.29) is 5.82 Å². The second-order valence-electron chi connectivity index (χ2n) is 3.47. The Morgan fingerprint density at radius 3 is 2.71 bits per heavy atom. The third-order valence-electron chi connectivity index (χ3n) is 1.87. The van der Waals surface area contributed by atoms with Crippen LogP contribution in [0, 0.1) is 5.82 Å². The molecule has 0 amide bonds. The molecule has 1 rings (SSSR count). The summed E-state index contributed by atoms with van der Waals surface area (Å²) in [4.78, 5) is 2.03. The first kappa shape index (κ1) is 10.8. The number of nitrogen functional groups attached to an aromatic ring is 1. The minimum Gasteiger partial charge on any atom is -0.399 e. The molecule has 0 aromatic heterocycles. The van der Waals surface area contributed by atoms with Crippen molar-refractivity contribution in [2.24, 2.45) is 0 Å². The summed E-state index contributed by atoms with van der Waals surface area (Å²) >= 11 is 0. The van der Waals surface area contributed by atoms with Crippen LogP contribution in [0.4, 0.5) is 15.8 Å². The molecule has 14 heavy (non-hydrogen) atoms. The zero-order chi connectivity index (χ0) is 10.6. The van der Waals surface area contributed by atoms with E-state index in [1.807, 2.05) is 19.0 Å². The summed E-state index contributed by atoms with van der Waals surface area (Å²) in [7, 11) is 3.95. The van der Waals surface area contributed by atoms with Crippen molar-refractivity contribution < 1.29 is 4.39 Å². The molecule has 78 valence electrons. The zero-order valence-corrected chi connectivity index (χ0v) is 8.55. The fraction of sp³-hybridized carbons (Fsp3) is 0.400. The lowest BCUT2D eigenvalue weighted by molar-refractivity contribution is 0.425. The Morgan fingerprint density at radius 2 is 2.14 bits per heavy atom. The molecule has 0 bridgehead atoms. The molecule has 3 nitrogen and oxygen atoms in total. The highest BCUT2D eigenvalue weighted by Gasteiger charge is 2.00. The van der Waals surface area contributed by atoms with Gasteiger partial charge in [0.2, 0.25) is 0 Å². The molecular formula is C10H16FN3. The number of nitrogens with one attached hydrogen (secondary N) is 1. The van der Waals surface area contributed by atoms with E-state index in [1.165, 1.54) is 6.07 Å². The molecule has 0 radical (unpaired) electrons. The van der Waals surface area contributed by atoms with Crippen molar-refractivity contribution in [1.82, 2.24) is 4.90 Å². The van der Waals surface area contributed by atoms with Gasteiger partial charge in [-0.3, -0.25) is 0 Å². The van der Waals surface area contributed by atoms with E-state index in [0.717, 1.165) is 6.54 Å². The van der Waals surface area contributed by atoms with Gasteiger partial charge in [0.15, 0.2) is 0 Å². The van der Waals surface area contributed by atoms with Crippen LogP contribution in [0.1, 0.15) is 0 Å². The van der Waals surface area contributed by atoms with Crippen LogP contribution in [-0.2, 0) is 0 Å². The summed E-state index contributed by atoms with van der Waals surface area (Å²) in [5.74, 6) is -0.302. The molecule has 0 atom stereocenters. The summed E-state index contributed by atoms with van der Waals surface area (Å²) in [6.07, 6.45) is 0. The van der Waals surface area contributed by atoms with Crippen molar-refractivity contribution >= 4 is 11.4 Å². The SMILES string of the molecule is CN(C)CCNc1ccc(N)cc1F. The number of hydrogen-bond donors (Lipinski definition) is 2. The van der Waals surface area contributed by atoms with E-state index in [0.29, 0.717) is 17.9 Å². The summed E-state index contributed by atoms with van der Waals surface area (Å²) in [6, 6.07) is 4.65. The fourth-order valence-corrected chi connectivity index (χ4v) is 1.09. The van der Waals surface area contributed by atoms with Crippen LogP contribution in [0.15, 0.2) is 18.2 Å². The van der Waals surface area contributed by atoms with Crippen LogP contribution in [0.3, 0.4) is 0 Å². The molecule has 0 saturated carbocycles. The monoisotopic (exact) mass is 197 g/mol. The van der Waals surface area contributed by atoms with Gasteiger partial charge in [-0.1, -0.05) is 0 Å². The molecular weight excluding hydrogens is 181 g/mol. The smallest absolute Gasteiger partial charge is 0.148 e. The number of rotatable bonds is 4. The second kappa shape index (κ2) is 4.81. The predicted molar refractivity (Wildman–Crippen MR) is 57.9 cm³/mol. The number of hydrogen-bond acceptors (Lipinski definition) is 3. The van der Waals surface area contributed by atoms with Gasteiger partial charge in [0.05, 0.1) is 5.69 Å². The van der Waals surface area contributed by atoms with Crippen LogP contribution in [0.5, 0.6) is 0 Å². The molecule has 0 fully saturated rings. The van der Waals surface area contributed by atoms with Gasteiger partial charge >= 0.3 is 0 Å². The number of nitrogens with zero attached hydrogens (tertiary/aromatic N) is 1. The van der Waals surface area contributed by atoms with Crippen LogP contribution >= 0.6 is 0 Å². The highest BCUT2D eigenvalue weighted by atomic mass is 19.1. The molecule has 1 aromatic rings. The van der Waals surface area contributed by atoms with Crippen molar-refractivity contribution in [3.8, 4) is 0 Å². The second-order valence-corrected chi connectivity index (χ2v) is 3.47. The lowest BCUT2D eigenvalue weighted by atomic mass is 10.2. The van der Waals surface area contributed by atoms with Crippen LogP contribution in [-0.4, -0.2) is 32.1 Å². The Hall–Kier alpha value is -1.29. The molecule has 1 aromatic carbocycles. The van der Waals surface area contributed by atoms with Crippen LogP contribution in [0.2, 0.25) is 0 Å². The van der Waals surface area contributed by atoms with Crippen LogP contribution in [0.25, 0.3) is 0 Å². The molecule has 0 heterocycles. The predicted octanol–water partition coefficient (Wildman–Crippen LogP) is 1.38. The minimum atomic E-state index is -0.302. The highest BCUT2D eigenvalue weighted by Crippen LogP contribution is 2.16. The third-order valence-corrected chi connectivity index (χ3v) is 1.87. The first-order valence-electron chi connectivity index (χ1n) is 4.53. The highest BCUT2D eigenvalue weighted by molar-refractivity contribution is 5.52. The molecule has 3 N–H and O–H groups in total. The molecule has 0 aliphatic carbocycles. The first-order valence-corrected chi connectivity index (χ1v) is 4.53. The Kier molecular flexibility index (Phi) is 3.71.